The van der Waals surface area contributed by atoms with Gasteiger partial charge in [0.1, 0.15) is 5.75 Å². The average Bonchev–Trinajstić information content (AvgIpc) is 2.63. The highest BCUT2D eigenvalue weighted by Gasteiger charge is 2.43. The van der Waals surface area contributed by atoms with Crippen LogP contribution in [0.1, 0.15) is 28.4 Å². The molecule has 0 N–H and O–H groups in total. The second kappa shape index (κ2) is 4.23. The first-order chi connectivity index (χ1) is 9.08. The predicted octanol–water partition coefficient (Wildman–Crippen LogP) is 3.57. The zero-order chi connectivity index (χ0) is 13.5. The van der Waals surface area contributed by atoms with E-state index < -0.39 is 5.60 Å². The van der Waals surface area contributed by atoms with Gasteiger partial charge in [-0.15, -0.1) is 0 Å². The Bertz CT molecular complexity index is 631. The molecule has 2 nitrogen and oxygen atoms in total. The Hall–Kier alpha value is -2.09. The Morgan fingerprint density at radius 2 is 1.84 bits per heavy atom. The van der Waals surface area contributed by atoms with Crippen molar-refractivity contribution < 1.29 is 9.53 Å². The summed E-state index contributed by atoms with van der Waals surface area (Å²) in [5, 5.41) is 0. The molecule has 1 aliphatic heterocycles. The van der Waals surface area contributed by atoms with Crippen LogP contribution in [0.25, 0.3) is 0 Å². The van der Waals surface area contributed by atoms with Crippen LogP contribution in [0, 0.1) is 6.92 Å². The van der Waals surface area contributed by atoms with Crippen molar-refractivity contribution in [3.05, 3.63) is 65.2 Å². The number of rotatable bonds is 2. The summed E-state index contributed by atoms with van der Waals surface area (Å²) in [5.41, 5.74) is 2.12. The molecule has 1 heterocycles. The Labute approximate surface area is 113 Å². The number of carbonyl (C=O) groups excluding carboxylic acids is 1. The zero-order valence-corrected chi connectivity index (χ0v) is 11.1. The van der Waals surface area contributed by atoms with E-state index in [1.165, 1.54) is 0 Å². The number of ketones is 1. The molecule has 0 bridgehead atoms. The third-order valence-electron chi connectivity index (χ3n) is 3.58. The smallest absolute Gasteiger partial charge is 0.210 e. The van der Waals surface area contributed by atoms with Crippen molar-refractivity contribution in [2.24, 2.45) is 0 Å². The third-order valence-corrected chi connectivity index (χ3v) is 3.58. The molecule has 0 saturated heterocycles. The van der Waals surface area contributed by atoms with Crippen molar-refractivity contribution >= 4 is 5.78 Å². The first-order valence-corrected chi connectivity index (χ1v) is 6.47. The predicted molar refractivity (Wildman–Crippen MR) is 74.7 cm³/mol. The van der Waals surface area contributed by atoms with Gasteiger partial charge in [0.2, 0.25) is 5.78 Å². The molecule has 1 unspecified atom stereocenters. The van der Waals surface area contributed by atoms with Crippen molar-refractivity contribution in [2.75, 3.05) is 0 Å². The quantitative estimate of drug-likeness (QED) is 0.816. The van der Waals surface area contributed by atoms with Gasteiger partial charge in [-0.05, 0) is 31.5 Å². The van der Waals surface area contributed by atoms with Crippen LogP contribution in [0.5, 0.6) is 5.75 Å². The largest absolute Gasteiger partial charge is 0.478 e. The monoisotopic (exact) mass is 252 g/mol. The van der Waals surface area contributed by atoms with E-state index in [9.17, 15) is 4.79 Å². The maximum atomic E-state index is 12.6. The zero-order valence-electron chi connectivity index (χ0n) is 11.1. The molecule has 0 aliphatic carbocycles. The normalized spacial score (nSPS) is 21.1. The van der Waals surface area contributed by atoms with Gasteiger partial charge in [-0.2, -0.15) is 0 Å². The van der Waals surface area contributed by atoms with Crippen molar-refractivity contribution in [1.29, 1.82) is 0 Å². The molecule has 3 rings (SSSR count). The van der Waals surface area contributed by atoms with E-state index in [0.717, 1.165) is 11.1 Å². The van der Waals surface area contributed by atoms with Crippen LogP contribution < -0.4 is 4.74 Å². The topological polar surface area (TPSA) is 26.3 Å². The Balaban J connectivity index is 1.94. The van der Waals surface area contributed by atoms with Crippen molar-refractivity contribution in [3.8, 4) is 5.75 Å². The number of benzene rings is 2. The number of ether oxygens (including phenoxy) is 1. The molecule has 96 valence electrons. The lowest BCUT2D eigenvalue weighted by Crippen LogP contribution is -2.38. The van der Waals surface area contributed by atoms with Crippen LogP contribution in [0.3, 0.4) is 0 Å². The Kier molecular flexibility index (Phi) is 2.67. The van der Waals surface area contributed by atoms with Gasteiger partial charge in [-0.3, -0.25) is 4.79 Å². The average molecular weight is 252 g/mol. The molecule has 0 saturated carbocycles. The van der Waals surface area contributed by atoms with Crippen molar-refractivity contribution in [1.82, 2.24) is 0 Å². The fourth-order valence-electron chi connectivity index (χ4n) is 2.59. The first-order valence-electron chi connectivity index (χ1n) is 6.47. The lowest BCUT2D eigenvalue weighted by molar-refractivity contribution is 0.0628. The molecule has 0 aromatic heterocycles. The van der Waals surface area contributed by atoms with Crippen LogP contribution in [0.15, 0.2) is 48.5 Å². The van der Waals surface area contributed by atoms with Crippen LogP contribution in [-0.2, 0) is 6.42 Å². The second-order valence-electron chi connectivity index (χ2n) is 5.32. The molecule has 0 fully saturated rings. The number of Topliss-reactive ketones (excluding diaryl/α,β-unsaturated/α-hetero) is 1. The Morgan fingerprint density at radius 1 is 1.11 bits per heavy atom. The van der Waals surface area contributed by atoms with Gasteiger partial charge in [0.05, 0.1) is 5.56 Å². The van der Waals surface area contributed by atoms with E-state index in [4.69, 9.17) is 4.74 Å². The number of aryl methyl sites for hydroxylation is 1. The summed E-state index contributed by atoms with van der Waals surface area (Å²) < 4.78 is 5.92. The van der Waals surface area contributed by atoms with Crippen LogP contribution >= 0.6 is 0 Å². The van der Waals surface area contributed by atoms with Gasteiger partial charge < -0.3 is 4.74 Å². The minimum Gasteiger partial charge on any atom is -0.478 e. The minimum atomic E-state index is -0.780. The molecule has 2 aromatic rings. The molecule has 0 spiro atoms. The molecule has 1 aliphatic rings. The molecule has 0 radical (unpaired) electrons. The van der Waals surface area contributed by atoms with E-state index in [1.54, 1.807) is 0 Å². The van der Waals surface area contributed by atoms with E-state index in [-0.39, 0.29) is 5.78 Å². The fraction of sp³-hybridized carbons (Fsp3) is 0.235. The summed E-state index contributed by atoms with van der Waals surface area (Å²) in [4.78, 5) is 12.6. The molecular formula is C17H16O2. The van der Waals surface area contributed by atoms with Gasteiger partial charge >= 0.3 is 0 Å². The lowest BCUT2D eigenvalue weighted by Gasteiger charge is -2.22. The van der Waals surface area contributed by atoms with Crippen LogP contribution in [0.2, 0.25) is 0 Å². The molecule has 2 heteroatoms. The number of fused-ring (bicyclic) bond motifs is 1. The van der Waals surface area contributed by atoms with Crippen LogP contribution in [-0.4, -0.2) is 11.4 Å². The SMILES string of the molecule is Cc1ccc2c(c1)C(=O)C(C)(Cc1ccccc1)O2. The summed E-state index contributed by atoms with van der Waals surface area (Å²) >= 11 is 0. The van der Waals surface area contributed by atoms with Gasteiger partial charge in [-0.1, -0.05) is 42.0 Å². The third kappa shape index (κ3) is 2.03. The van der Waals surface area contributed by atoms with Gasteiger partial charge in [0.25, 0.3) is 0 Å². The summed E-state index contributed by atoms with van der Waals surface area (Å²) in [7, 11) is 0. The van der Waals surface area contributed by atoms with E-state index >= 15 is 0 Å². The van der Waals surface area contributed by atoms with Crippen molar-refractivity contribution in [2.45, 2.75) is 25.9 Å². The summed E-state index contributed by atoms with van der Waals surface area (Å²) in [6, 6.07) is 15.8. The molecule has 19 heavy (non-hydrogen) atoms. The first kappa shape index (κ1) is 12.0. The van der Waals surface area contributed by atoms with E-state index in [2.05, 4.69) is 0 Å². The maximum absolute atomic E-state index is 12.6. The van der Waals surface area contributed by atoms with E-state index in [1.807, 2.05) is 62.4 Å². The number of hydrogen-bond donors (Lipinski definition) is 0. The van der Waals surface area contributed by atoms with Crippen LogP contribution in [0.4, 0.5) is 0 Å². The fourth-order valence-corrected chi connectivity index (χ4v) is 2.59. The molecular weight excluding hydrogens is 236 g/mol. The molecule has 2 aromatic carbocycles. The summed E-state index contributed by atoms with van der Waals surface area (Å²) in [6.45, 7) is 3.86. The minimum absolute atomic E-state index is 0.0788. The lowest BCUT2D eigenvalue weighted by atomic mass is 9.90. The maximum Gasteiger partial charge on any atom is 0.210 e. The standard InChI is InChI=1S/C17H16O2/c1-12-8-9-15-14(10-12)16(18)17(2,19-15)11-13-6-4-3-5-7-13/h3-10H,11H2,1-2H3. The van der Waals surface area contributed by atoms with Crippen molar-refractivity contribution in [3.63, 3.8) is 0 Å². The summed E-state index contributed by atoms with van der Waals surface area (Å²) in [5.74, 6) is 0.782. The van der Waals surface area contributed by atoms with E-state index in [0.29, 0.717) is 17.7 Å². The molecule has 0 amide bonds. The number of hydrogen-bond acceptors (Lipinski definition) is 2. The second-order valence-corrected chi connectivity index (χ2v) is 5.32. The highest BCUT2D eigenvalue weighted by molar-refractivity contribution is 6.07. The van der Waals surface area contributed by atoms with Gasteiger partial charge in [0, 0.05) is 6.42 Å². The number of carbonyl (C=O) groups is 1. The van der Waals surface area contributed by atoms with Gasteiger partial charge in [0.15, 0.2) is 5.60 Å². The summed E-state index contributed by atoms with van der Waals surface area (Å²) in [6.07, 6.45) is 0.598. The Morgan fingerprint density at radius 3 is 2.58 bits per heavy atom. The molecule has 1 atom stereocenters. The highest BCUT2D eigenvalue weighted by atomic mass is 16.5. The highest BCUT2D eigenvalue weighted by Crippen LogP contribution is 2.37. The van der Waals surface area contributed by atoms with Gasteiger partial charge in [-0.25, -0.2) is 0 Å².